The molecule has 2 aliphatic heterocycles. The summed E-state index contributed by atoms with van der Waals surface area (Å²) in [5, 5.41) is 12.1. The number of amides is 5. The van der Waals surface area contributed by atoms with Crippen LogP contribution in [0.4, 0.5) is 45.5 Å². The predicted octanol–water partition coefficient (Wildman–Crippen LogP) is 10.4. The van der Waals surface area contributed by atoms with Crippen molar-refractivity contribution in [3.63, 3.8) is 0 Å². The number of methoxy groups -OCH3 is 2. The van der Waals surface area contributed by atoms with Gasteiger partial charge in [0.05, 0.1) is 31.8 Å². The van der Waals surface area contributed by atoms with Gasteiger partial charge in [-0.3, -0.25) is 9.59 Å². The number of nitrogens with one attached hydrogen (secondary N) is 1. The molecule has 2 aliphatic rings. The first kappa shape index (κ1) is 65.1. The number of carbonyl (C=O) groups excluding carboxylic acids is 5. The van der Waals surface area contributed by atoms with Gasteiger partial charge in [-0.15, -0.1) is 0 Å². The van der Waals surface area contributed by atoms with E-state index in [1.165, 1.54) is 49.9 Å². The molecule has 0 aliphatic carbocycles. The molecule has 6 atom stereocenters. The van der Waals surface area contributed by atoms with Crippen molar-refractivity contribution in [3.05, 3.63) is 69.8 Å². The van der Waals surface area contributed by atoms with Crippen molar-refractivity contribution in [1.82, 2.24) is 24.9 Å². The van der Waals surface area contributed by atoms with Crippen LogP contribution >= 0.6 is 0 Å². The minimum Gasteiger partial charge on any atom is -0.481 e. The summed E-state index contributed by atoms with van der Waals surface area (Å²) in [6.45, 7) is 16.9. The molecule has 0 unspecified atom stereocenters. The van der Waals surface area contributed by atoms with Crippen molar-refractivity contribution in [1.29, 1.82) is 0 Å². The van der Waals surface area contributed by atoms with E-state index in [2.05, 4.69) is 11.1 Å². The van der Waals surface area contributed by atoms with E-state index in [0.29, 0.717) is 42.4 Å². The van der Waals surface area contributed by atoms with Crippen molar-refractivity contribution < 1.29 is 79.2 Å². The minimum absolute atomic E-state index is 0.0135. The number of nitrogens with two attached hydrogens (primary N) is 1. The first-order chi connectivity index (χ1) is 34.6. The summed E-state index contributed by atoms with van der Waals surface area (Å²) in [5.74, 6) is -1.41. The number of aryl methyl sites for hydroxylation is 2. The first-order valence-corrected chi connectivity index (χ1v) is 24.7. The number of ether oxygens (including phenoxy) is 4. The summed E-state index contributed by atoms with van der Waals surface area (Å²) in [5.41, 5.74) is 2.72. The Morgan fingerprint density at radius 1 is 0.613 bits per heavy atom. The Morgan fingerprint density at radius 3 is 1.23 bits per heavy atom. The lowest BCUT2D eigenvalue weighted by Crippen LogP contribution is -2.59. The van der Waals surface area contributed by atoms with Gasteiger partial charge in [-0.05, 0) is 136 Å². The number of alkyl halides is 6. The van der Waals surface area contributed by atoms with Crippen LogP contribution in [0.2, 0.25) is 0 Å². The summed E-state index contributed by atoms with van der Waals surface area (Å²) in [6, 6.07) is 4.03. The van der Waals surface area contributed by atoms with Crippen LogP contribution in [0.5, 0.6) is 0 Å². The standard InChI is InChI=1S/C26H38F3N3O5.C25H35F3N2O6.CH5N/c1-8-19-12-20(13-21(14-22(33)30-6)32(19)24(35)37-25(3,4)5)31(23(34)36-7)15-17-9-16(2)10-18(11-17)26(27,28)29;1-7-18-11-19(12-20(13-21(31)32)30(18)23(34)36-24(3,4)5)29(22(33)35-6)14-16-8-15(2)9-17(10-16)25(26,27)28;1-2/h9-11,19-21H,8,12-15H2,1-7H3,(H,30,33);8-10,18-20H,7,11-14H2,1-6H3,(H,31,32);2H2,1H3/t19-,20+,21-;18-,19+,20-;/m11./s1. The van der Waals surface area contributed by atoms with Gasteiger partial charge >= 0.3 is 42.7 Å². The third-order valence-electron chi connectivity index (χ3n) is 12.3. The van der Waals surface area contributed by atoms with Crippen LogP contribution < -0.4 is 11.1 Å². The molecule has 17 nitrogen and oxygen atoms in total. The fourth-order valence-electron chi connectivity index (χ4n) is 9.39. The van der Waals surface area contributed by atoms with E-state index in [1.54, 1.807) is 65.5 Å². The van der Waals surface area contributed by atoms with Crippen LogP contribution in [0.15, 0.2) is 36.4 Å². The molecule has 75 heavy (non-hydrogen) atoms. The summed E-state index contributed by atoms with van der Waals surface area (Å²) in [7, 11) is 5.38. The Morgan fingerprint density at radius 2 is 0.947 bits per heavy atom. The van der Waals surface area contributed by atoms with Crippen LogP contribution in [-0.4, -0.2) is 137 Å². The second-order valence-corrected chi connectivity index (χ2v) is 20.5. The Labute approximate surface area is 436 Å². The Kier molecular flexibility index (Phi) is 24.0. The van der Waals surface area contributed by atoms with Gasteiger partial charge < -0.3 is 54.7 Å². The molecular formula is C52H78F6N6O11. The largest absolute Gasteiger partial charge is 0.481 e. The summed E-state index contributed by atoms with van der Waals surface area (Å²) in [6.07, 6.45) is -10.1. The number of hydrogen-bond acceptors (Lipinski definition) is 11. The molecule has 0 spiro atoms. The normalized spacial score (nSPS) is 20.0. The highest BCUT2D eigenvalue weighted by Gasteiger charge is 2.46. The topological polar surface area (TPSA) is 211 Å². The number of halogens is 6. The molecule has 2 aromatic rings. The van der Waals surface area contributed by atoms with Crippen molar-refractivity contribution in [2.24, 2.45) is 5.73 Å². The summed E-state index contributed by atoms with van der Waals surface area (Å²) < 4.78 is 101. The number of hydrogen-bond donors (Lipinski definition) is 3. The number of likely N-dealkylation sites (tertiary alicyclic amines) is 2. The summed E-state index contributed by atoms with van der Waals surface area (Å²) >= 11 is 0. The highest BCUT2D eigenvalue weighted by Crippen LogP contribution is 2.37. The van der Waals surface area contributed by atoms with Gasteiger partial charge in [-0.1, -0.05) is 37.1 Å². The molecule has 424 valence electrons. The molecule has 23 heteroatoms. The molecule has 0 aromatic heterocycles. The van der Waals surface area contributed by atoms with Crippen LogP contribution in [0.25, 0.3) is 0 Å². The molecular weight excluding hydrogens is 999 g/mol. The monoisotopic (exact) mass is 1080 g/mol. The zero-order valence-electron chi connectivity index (χ0n) is 45.7. The van der Waals surface area contributed by atoms with Gasteiger partial charge in [0.25, 0.3) is 0 Å². The van der Waals surface area contributed by atoms with Crippen molar-refractivity contribution >= 4 is 36.2 Å². The molecule has 5 amide bonds. The zero-order chi connectivity index (χ0) is 57.6. The number of carboxylic acid groups (broad SMARTS) is 1. The maximum atomic E-state index is 13.4. The maximum absolute atomic E-state index is 13.4. The van der Waals surface area contributed by atoms with E-state index < -0.39 is 95.2 Å². The molecule has 0 bridgehead atoms. The SMILES string of the molecule is CC[C@@H]1C[C@H](N(Cc2cc(C)cc(C(F)(F)F)c2)C(=O)OC)C[C@H](CC(=O)NC)N1C(=O)OC(C)(C)C.CC[C@@H]1C[C@H](N(Cc2cc(C)cc(C(F)(F)F)c2)C(=O)OC)C[C@H](CC(=O)O)N1C(=O)OC(C)(C)C.CN. The molecule has 2 aromatic carbocycles. The average Bonchev–Trinajstić information content (AvgIpc) is 3.29. The van der Waals surface area contributed by atoms with E-state index in [0.717, 1.165) is 24.3 Å². The van der Waals surface area contributed by atoms with Gasteiger partial charge in [0.1, 0.15) is 11.2 Å². The highest BCUT2D eigenvalue weighted by molar-refractivity contribution is 5.78. The first-order valence-electron chi connectivity index (χ1n) is 24.7. The Bertz CT molecular complexity index is 2250. The molecule has 2 saturated heterocycles. The number of benzene rings is 2. The van der Waals surface area contributed by atoms with Crippen LogP contribution in [0.3, 0.4) is 0 Å². The Hall–Kier alpha value is -6.00. The maximum Gasteiger partial charge on any atom is 0.416 e. The lowest BCUT2D eigenvalue weighted by Gasteiger charge is -2.47. The number of piperidine rings is 2. The molecule has 0 saturated carbocycles. The van der Waals surface area contributed by atoms with E-state index in [9.17, 15) is 60.2 Å². The van der Waals surface area contributed by atoms with E-state index >= 15 is 0 Å². The lowest BCUT2D eigenvalue weighted by atomic mass is 9.87. The molecule has 2 heterocycles. The van der Waals surface area contributed by atoms with E-state index in [-0.39, 0.29) is 56.3 Å². The van der Waals surface area contributed by atoms with Gasteiger partial charge in [-0.2, -0.15) is 26.3 Å². The van der Waals surface area contributed by atoms with Gasteiger partial charge in [-0.25, -0.2) is 19.2 Å². The third kappa shape index (κ3) is 19.9. The van der Waals surface area contributed by atoms with Crippen LogP contribution in [-0.2, 0) is 54.0 Å². The quantitative estimate of drug-likeness (QED) is 0.134. The number of carbonyl (C=O) groups is 6. The summed E-state index contributed by atoms with van der Waals surface area (Å²) in [4.78, 5) is 81.5. The predicted molar refractivity (Wildman–Crippen MR) is 267 cm³/mol. The molecule has 4 N–H and O–H groups in total. The fraction of sp³-hybridized carbons (Fsp3) is 0.654. The highest BCUT2D eigenvalue weighted by atomic mass is 19.4. The number of rotatable bonds is 12. The Balaban J connectivity index is 0.000000497. The van der Waals surface area contributed by atoms with E-state index in [1.807, 2.05) is 13.8 Å². The minimum atomic E-state index is -4.55. The van der Waals surface area contributed by atoms with Crippen LogP contribution in [0.1, 0.15) is 140 Å². The van der Waals surface area contributed by atoms with Gasteiger partial charge in [0.15, 0.2) is 0 Å². The van der Waals surface area contributed by atoms with Gasteiger partial charge in [0.2, 0.25) is 5.91 Å². The smallest absolute Gasteiger partial charge is 0.416 e. The van der Waals surface area contributed by atoms with Crippen molar-refractivity contribution in [3.8, 4) is 0 Å². The lowest BCUT2D eigenvalue weighted by molar-refractivity contribution is -0.139. The van der Waals surface area contributed by atoms with Crippen molar-refractivity contribution in [2.75, 3.05) is 28.3 Å². The van der Waals surface area contributed by atoms with E-state index in [4.69, 9.17) is 18.9 Å². The second-order valence-electron chi connectivity index (χ2n) is 20.5. The molecule has 4 rings (SSSR count). The zero-order valence-corrected chi connectivity index (χ0v) is 45.7. The van der Waals surface area contributed by atoms with Crippen molar-refractivity contribution in [2.45, 2.75) is 193 Å². The fourth-order valence-corrected chi connectivity index (χ4v) is 9.39. The average molecular weight is 1080 g/mol. The number of nitrogens with zero attached hydrogens (tertiary/aromatic N) is 4. The number of aliphatic carboxylic acids is 1. The number of carboxylic acids is 1. The molecule has 0 radical (unpaired) electrons. The van der Waals surface area contributed by atoms with Crippen LogP contribution in [0, 0.1) is 13.8 Å². The van der Waals surface area contributed by atoms with Gasteiger partial charge in [0, 0.05) is 62.8 Å². The molecule has 2 fully saturated rings. The third-order valence-corrected chi connectivity index (χ3v) is 12.3. The second kappa shape index (κ2) is 27.7.